The number of hydrogen-bond acceptors (Lipinski definition) is 33. The molecule has 4 saturated heterocycles. The first-order valence-electron chi connectivity index (χ1n) is 37.0. The van der Waals surface area contributed by atoms with E-state index in [-0.39, 0.29) is 58.0 Å². The molecule has 0 radical (unpaired) electrons. The summed E-state index contributed by atoms with van der Waals surface area (Å²) in [6.45, 7) is 4.92. The maximum Gasteiger partial charge on any atom is 0.470 e. The van der Waals surface area contributed by atoms with Gasteiger partial charge < -0.3 is 144 Å². The van der Waals surface area contributed by atoms with Crippen LogP contribution in [0.25, 0.3) is 0 Å². The summed E-state index contributed by atoms with van der Waals surface area (Å²) in [7, 11) is -5.61. The first-order valence-corrected chi connectivity index (χ1v) is 38.5. The van der Waals surface area contributed by atoms with Crippen molar-refractivity contribution >= 4 is 73.1 Å². The van der Waals surface area contributed by atoms with Crippen LogP contribution in [0.5, 0.6) is 0 Å². The molecule has 636 valence electrons. The maximum atomic E-state index is 14.0. The Balaban J connectivity index is 1.27. The molecule has 6 amide bonds. The quantitative estimate of drug-likeness (QED) is 0.0126. The molecule has 0 saturated carbocycles. The second-order valence-electron chi connectivity index (χ2n) is 26.8. The molecule has 4 aliphatic rings. The summed E-state index contributed by atoms with van der Waals surface area (Å²) in [6, 6.07) is 1.80. The number of benzene rings is 1. The summed E-state index contributed by atoms with van der Waals surface area (Å²) >= 11 is 0. The third kappa shape index (κ3) is 29.6. The molecule has 23 atom stereocenters. The van der Waals surface area contributed by atoms with E-state index in [4.69, 9.17) is 61.4 Å². The fourth-order valence-corrected chi connectivity index (χ4v) is 12.8. The number of ether oxygens (including phenoxy) is 12. The molecular weight excluding hydrogens is 1520 g/mol. The Morgan fingerprint density at radius 3 is 1.64 bits per heavy atom. The zero-order valence-electron chi connectivity index (χ0n) is 63.2. The van der Waals surface area contributed by atoms with E-state index < -0.39 is 285 Å². The lowest BCUT2D eigenvalue weighted by molar-refractivity contribution is -0.330. The van der Waals surface area contributed by atoms with Crippen molar-refractivity contribution in [2.75, 3.05) is 52.7 Å². The first-order chi connectivity index (χ1) is 53.1. The van der Waals surface area contributed by atoms with E-state index >= 15 is 0 Å². The predicted octanol–water partition coefficient (Wildman–Crippen LogP) is -4.69. The molecule has 4 aliphatic heterocycles. The number of unbranched alkanes of at least 4 members (excludes halogenated alkanes) is 1. The number of phosphoric ester groups is 1. The largest absolute Gasteiger partial charge is 0.477 e. The molecule has 43 heteroatoms. The van der Waals surface area contributed by atoms with E-state index in [9.17, 15) is 113 Å². The van der Waals surface area contributed by atoms with Gasteiger partial charge in [0.15, 0.2) is 31.1 Å². The summed E-state index contributed by atoms with van der Waals surface area (Å²) in [4.78, 5) is 164. The number of carboxylic acid groups (broad SMARTS) is 1. The lowest BCUT2D eigenvalue weighted by atomic mass is 9.88. The number of carbonyl (C=O) groups is 11. The number of rotatable bonds is 46. The summed E-state index contributed by atoms with van der Waals surface area (Å²) in [6.07, 6.45) is -35.0. The maximum absolute atomic E-state index is 14.0. The summed E-state index contributed by atoms with van der Waals surface area (Å²) in [5, 5.41) is 113. The third-order valence-corrected chi connectivity index (χ3v) is 18.7. The second kappa shape index (κ2) is 47.0. The van der Waals surface area contributed by atoms with Crippen LogP contribution >= 0.6 is 7.82 Å². The molecule has 7 unspecified atom stereocenters. The number of carbonyl (C=O) groups excluding carboxylic acids is 10. The molecule has 112 heavy (non-hydrogen) atoms. The van der Waals surface area contributed by atoms with Crippen molar-refractivity contribution in [1.82, 2.24) is 31.9 Å². The normalized spacial score (nSPS) is 29.0. The van der Waals surface area contributed by atoms with Crippen LogP contribution < -0.4 is 31.9 Å². The zero-order chi connectivity index (χ0) is 83.2. The van der Waals surface area contributed by atoms with Crippen molar-refractivity contribution in [3.8, 4) is 0 Å². The summed E-state index contributed by atoms with van der Waals surface area (Å²) in [5.74, 6) is -12.6. The molecule has 42 nitrogen and oxygen atoms in total. The Morgan fingerprint density at radius 2 is 1.11 bits per heavy atom. The van der Waals surface area contributed by atoms with Gasteiger partial charge in [0.25, 0.3) is 5.79 Å². The molecule has 0 aliphatic carbocycles. The van der Waals surface area contributed by atoms with Crippen LogP contribution in [0.1, 0.15) is 138 Å². The minimum absolute atomic E-state index is 0.0602. The molecule has 0 bridgehead atoms. The predicted molar refractivity (Wildman–Crippen MR) is 375 cm³/mol. The number of aliphatic hydroxyl groups excluding tert-OH is 8. The molecule has 1 aromatic rings. The van der Waals surface area contributed by atoms with E-state index in [1.807, 2.05) is 6.92 Å². The molecule has 1 aromatic carbocycles. The molecule has 17 N–H and O–H groups in total. The van der Waals surface area contributed by atoms with E-state index in [1.165, 1.54) is 20.8 Å². The number of esters is 4. The topological polar surface area (TPSA) is 620 Å². The highest BCUT2D eigenvalue weighted by Crippen LogP contribution is 2.43. The van der Waals surface area contributed by atoms with Crippen LogP contribution in [-0.4, -0.2) is 314 Å². The monoisotopic (exact) mass is 1630 g/mol. The minimum Gasteiger partial charge on any atom is -0.477 e. The van der Waals surface area contributed by atoms with Crippen LogP contribution in [0.3, 0.4) is 0 Å². The van der Waals surface area contributed by atoms with Gasteiger partial charge in [-0.2, -0.15) is 0 Å². The van der Waals surface area contributed by atoms with E-state index in [0.29, 0.717) is 18.4 Å². The fourth-order valence-electron chi connectivity index (χ4n) is 12.2. The Hall–Kier alpha value is -7.14. The highest BCUT2D eigenvalue weighted by molar-refractivity contribution is 7.46. The number of amides is 6. The number of hydrogen-bond donors (Lipinski definition) is 17. The van der Waals surface area contributed by atoms with Crippen molar-refractivity contribution in [3.63, 3.8) is 0 Å². The lowest BCUT2D eigenvalue weighted by Gasteiger charge is -2.47. The number of nitrogens with one attached hydrogen (secondary N) is 6. The summed E-state index contributed by atoms with van der Waals surface area (Å²) in [5.41, 5.74) is 0.540. The number of aliphatic carboxylic acids is 1. The Bertz CT molecular complexity index is 3250. The average molecular weight is 1630 g/mol. The molecular formula is C69H109N6O36P. The minimum atomic E-state index is -5.61. The SMILES string of the molecule is CCCCC(=O)NC1[C@H](OCCNC(=O)CCC(=O)NCCOC2OC(CO[C@]3(C(=O)O)C[C@@H](O)[C@@H](NC(=O)Cc4ccccc4)C([C@H](O)[C@H](O)CO)O3)[C@H](O)[C@H](O)[C@@H]2NC(C)=O)OC(CO[C@@H]2OC(CO)[C@@H](OP(=O)(O)O)[C@H](OC(=O)C[C@@H](CC)OC(=O)CC)C2NC(=O)C[C@@H](CC)OC(=O)CC)[C@@H](O)[C@@H]1OC(=O)CC. The van der Waals surface area contributed by atoms with Gasteiger partial charge in [-0.1, -0.05) is 78.3 Å². The van der Waals surface area contributed by atoms with E-state index in [1.54, 1.807) is 44.2 Å². The van der Waals surface area contributed by atoms with Crippen molar-refractivity contribution < 1.29 is 174 Å². The Labute approximate surface area is 644 Å². The van der Waals surface area contributed by atoms with Crippen LogP contribution in [-0.2, 0) is 125 Å². The van der Waals surface area contributed by atoms with Gasteiger partial charge in [-0.15, -0.1) is 0 Å². The van der Waals surface area contributed by atoms with Crippen LogP contribution in [0.2, 0.25) is 0 Å². The van der Waals surface area contributed by atoms with Gasteiger partial charge in [0.2, 0.25) is 35.4 Å². The zero-order valence-corrected chi connectivity index (χ0v) is 64.1. The van der Waals surface area contributed by atoms with Crippen LogP contribution in [0, 0.1) is 0 Å². The fraction of sp³-hybridized carbons (Fsp3) is 0.754. The molecule has 5 rings (SSSR count). The van der Waals surface area contributed by atoms with Gasteiger partial charge >= 0.3 is 37.7 Å². The van der Waals surface area contributed by atoms with Gasteiger partial charge in [0.05, 0.1) is 71.0 Å². The van der Waals surface area contributed by atoms with Gasteiger partial charge in [-0.05, 0) is 24.8 Å². The smallest absolute Gasteiger partial charge is 0.470 e. The molecule has 0 aromatic heterocycles. The van der Waals surface area contributed by atoms with Crippen molar-refractivity contribution in [2.24, 2.45) is 0 Å². The molecule has 0 spiro atoms. The highest BCUT2D eigenvalue weighted by atomic mass is 31.2. The van der Waals surface area contributed by atoms with Gasteiger partial charge in [0.1, 0.15) is 91.4 Å². The lowest BCUT2D eigenvalue weighted by Crippen LogP contribution is -2.69. The van der Waals surface area contributed by atoms with Crippen LogP contribution in [0.4, 0.5) is 0 Å². The van der Waals surface area contributed by atoms with Crippen LogP contribution in [0.15, 0.2) is 30.3 Å². The van der Waals surface area contributed by atoms with Crippen molar-refractivity contribution in [3.05, 3.63) is 35.9 Å². The highest BCUT2D eigenvalue weighted by Gasteiger charge is 2.58. The average Bonchev–Trinajstić information content (AvgIpc) is 0.771. The Morgan fingerprint density at radius 1 is 0.580 bits per heavy atom. The van der Waals surface area contributed by atoms with Gasteiger partial charge in [0, 0.05) is 65.0 Å². The number of phosphoric acid groups is 1. The van der Waals surface area contributed by atoms with Gasteiger partial charge in [-0.25, -0.2) is 9.36 Å². The molecule has 4 heterocycles. The molecule has 4 fully saturated rings. The third-order valence-electron chi connectivity index (χ3n) is 18.2. The first kappa shape index (κ1) is 95.4. The van der Waals surface area contributed by atoms with E-state index in [0.717, 1.165) is 6.92 Å². The van der Waals surface area contributed by atoms with Crippen molar-refractivity contribution in [1.29, 1.82) is 0 Å². The van der Waals surface area contributed by atoms with Crippen molar-refractivity contribution in [2.45, 2.75) is 279 Å². The number of aliphatic hydroxyl groups is 8. The number of carboxylic acids is 1. The van der Waals surface area contributed by atoms with E-state index in [2.05, 4.69) is 31.9 Å². The van der Waals surface area contributed by atoms with Gasteiger partial charge in [-0.3, -0.25) is 52.5 Å². The standard InChI is InChI=1S/C69H109N6O36P/c1-8-14-20-46(83)73-55-62(108-51(88)13-6)59(92)42(33-101-67-56(75-48(85)28-37(9-2)103-49(86)11-4)64(61(41(32-77)105-67)111-112(96,97)98)109-52(89)29-38(10-3)104-50(87)12-5)106-66(55)100-26-24-71-45(82)22-21-44(81)70-23-25-99-65-54(72-35(7)78)60(93)58(91)43(107-65)34-102-69(68(94)95)30-39(79)53(63(110-69)57(90)40(80)31-76)74-47(84)27-36-18-16-15-17-19-36/h15-19,37-43,53-67,76-77,79-80,90-93H,8-14,20-34H2,1-7H3,(H,70,81)(H,71,82)(H,72,78)(H,73,83)(H,74,84)(H,75,85)(H,94,95)(H2,96,97,98)/t37-,38-,39-,40-,41?,42?,43?,53-,54+,55?,56?,57-,58+,59-,60-,61-,62-,63?,64-,65?,66-,67-,69-/m1/s1. The second-order valence-corrected chi connectivity index (χ2v) is 28.0. The Kier molecular flexibility index (Phi) is 40.1. The summed E-state index contributed by atoms with van der Waals surface area (Å²) < 4.78 is 87.4.